The Kier molecular flexibility index (Phi) is 5.75. The molecule has 0 aliphatic heterocycles. The van der Waals surface area contributed by atoms with Crippen molar-refractivity contribution in [2.24, 2.45) is 4.99 Å². The van der Waals surface area contributed by atoms with Crippen molar-refractivity contribution in [3.63, 3.8) is 0 Å². The van der Waals surface area contributed by atoms with Gasteiger partial charge in [0.2, 0.25) is 5.06 Å². The first-order valence-electron chi connectivity index (χ1n) is 8.13. The zero-order chi connectivity index (χ0) is 19.4. The summed E-state index contributed by atoms with van der Waals surface area (Å²) in [5.74, 6) is 0.470. The van der Waals surface area contributed by atoms with Crippen molar-refractivity contribution < 1.29 is 4.74 Å². The first-order valence-corrected chi connectivity index (χ1v) is 9.28. The number of aliphatic imine (C=N–C) groups is 1. The largest absolute Gasteiger partial charge is 0.442 e. The number of nitriles is 1. The average molecular weight is 397 g/mol. The normalized spacial score (nSPS) is 10.8. The van der Waals surface area contributed by atoms with Crippen LogP contribution in [0.1, 0.15) is 11.1 Å². The zero-order valence-electron chi connectivity index (χ0n) is 15.1. The summed E-state index contributed by atoms with van der Waals surface area (Å²) in [6.07, 6.45) is 1.71. The van der Waals surface area contributed by atoms with Crippen molar-refractivity contribution in [2.75, 3.05) is 14.1 Å². The highest BCUT2D eigenvalue weighted by atomic mass is 35.5. The highest BCUT2D eigenvalue weighted by Gasteiger charge is 2.18. The molecule has 0 bridgehead atoms. The Morgan fingerprint density at radius 1 is 1.26 bits per heavy atom. The van der Waals surface area contributed by atoms with Crippen molar-refractivity contribution in [3.8, 4) is 28.1 Å². The van der Waals surface area contributed by atoms with Crippen LogP contribution in [0.15, 0.2) is 47.5 Å². The highest BCUT2D eigenvalue weighted by Crippen LogP contribution is 2.40. The molecule has 3 rings (SSSR count). The van der Waals surface area contributed by atoms with Crippen LogP contribution in [0.2, 0.25) is 5.02 Å². The van der Waals surface area contributed by atoms with Crippen LogP contribution in [0.25, 0.3) is 11.3 Å². The summed E-state index contributed by atoms with van der Waals surface area (Å²) in [5.41, 5.74) is 3.55. The number of benzene rings is 2. The smallest absolute Gasteiger partial charge is 0.218 e. The second kappa shape index (κ2) is 8.21. The van der Waals surface area contributed by atoms with E-state index < -0.39 is 0 Å². The van der Waals surface area contributed by atoms with Gasteiger partial charge in [-0.1, -0.05) is 41.9 Å². The average Bonchev–Trinajstić information content (AvgIpc) is 3.06. The standard InChI is InChI=1S/C20H17ClN4OS/c1-13-9-18(16(21)10-17(13)23-12-25(2)3)26-20-15(11-22)19(24-27-20)14-7-5-4-6-8-14/h4-10,12H,1-3H3/b23-12-. The first kappa shape index (κ1) is 18.9. The Bertz CT molecular complexity index is 1020. The van der Waals surface area contributed by atoms with Gasteiger partial charge in [0, 0.05) is 31.2 Å². The number of aryl methyl sites for hydroxylation is 1. The third-order valence-electron chi connectivity index (χ3n) is 3.70. The molecule has 1 heterocycles. The van der Waals surface area contributed by atoms with Crippen molar-refractivity contribution in [1.29, 1.82) is 5.26 Å². The lowest BCUT2D eigenvalue weighted by Crippen LogP contribution is -2.07. The van der Waals surface area contributed by atoms with Crippen LogP contribution in [0.3, 0.4) is 0 Å². The van der Waals surface area contributed by atoms with E-state index in [1.165, 1.54) is 0 Å². The molecule has 0 amide bonds. The maximum atomic E-state index is 9.60. The topological polar surface area (TPSA) is 61.5 Å². The van der Waals surface area contributed by atoms with E-state index >= 15 is 0 Å². The predicted molar refractivity (Wildman–Crippen MR) is 110 cm³/mol. The van der Waals surface area contributed by atoms with Crippen molar-refractivity contribution >= 4 is 35.2 Å². The third-order valence-corrected chi connectivity index (χ3v) is 4.72. The fourth-order valence-electron chi connectivity index (χ4n) is 2.38. The molecule has 0 spiro atoms. The van der Waals surface area contributed by atoms with Gasteiger partial charge in [-0.05, 0) is 24.6 Å². The Morgan fingerprint density at radius 3 is 2.67 bits per heavy atom. The number of ether oxygens (including phenoxy) is 1. The molecule has 136 valence electrons. The van der Waals surface area contributed by atoms with E-state index in [1.807, 2.05) is 62.3 Å². The molecule has 0 N–H and O–H groups in total. The number of hydrogen-bond donors (Lipinski definition) is 0. The monoisotopic (exact) mass is 396 g/mol. The zero-order valence-corrected chi connectivity index (χ0v) is 16.7. The fraction of sp³-hybridized carbons (Fsp3) is 0.150. The molecule has 0 aliphatic carbocycles. The molecule has 3 aromatic rings. The van der Waals surface area contributed by atoms with E-state index in [0.29, 0.717) is 27.1 Å². The minimum absolute atomic E-state index is 0.398. The Balaban J connectivity index is 1.94. The lowest BCUT2D eigenvalue weighted by Gasteiger charge is -2.10. The van der Waals surface area contributed by atoms with Gasteiger partial charge in [0.05, 0.1) is 17.0 Å². The van der Waals surface area contributed by atoms with Crippen LogP contribution in [0.4, 0.5) is 5.69 Å². The minimum atomic E-state index is 0.398. The molecule has 27 heavy (non-hydrogen) atoms. The van der Waals surface area contributed by atoms with Gasteiger partial charge in [0.25, 0.3) is 0 Å². The Labute approximate surface area is 167 Å². The van der Waals surface area contributed by atoms with Gasteiger partial charge in [-0.25, -0.2) is 4.99 Å². The van der Waals surface area contributed by atoms with Crippen LogP contribution in [-0.4, -0.2) is 29.7 Å². The molecule has 0 unspecified atom stereocenters. The fourth-order valence-corrected chi connectivity index (χ4v) is 3.30. The maximum absolute atomic E-state index is 9.60. The van der Waals surface area contributed by atoms with Crippen LogP contribution >= 0.6 is 23.1 Å². The number of hydrogen-bond acceptors (Lipinski definition) is 5. The molecule has 5 nitrogen and oxygen atoms in total. The maximum Gasteiger partial charge on any atom is 0.218 e. The van der Waals surface area contributed by atoms with Crippen LogP contribution in [0, 0.1) is 18.3 Å². The molecule has 0 aliphatic rings. The molecule has 0 fully saturated rings. The van der Waals surface area contributed by atoms with E-state index in [1.54, 1.807) is 12.4 Å². The summed E-state index contributed by atoms with van der Waals surface area (Å²) in [6.45, 7) is 1.93. The minimum Gasteiger partial charge on any atom is -0.442 e. The molecule has 7 heteroatoms. The number of halogens is 1. The quantitative estimate of drug-likeness (QED) is 0.412. The second-order valence-corrected chi connectivity index (χ2v) is 7.19. The Hall–Kier alpha value is -2.88. The molecular weight excluding hydrogens is 380 g/mol. The first-order chi connectivity index (χ1) is 13.0. The summed E-state index contributed by atoms with van der Waals surface area (Å²) in [6, 6.07) is 15.3. The Morgan fingerprint density at radius 2 is 2.00 bits per heavy atom. The molecule has 1 aromatic heterocycles. The lowest BCUT2D eigenvalue weighted by molar-refractivity contribution is 0.495. The summed E-state index contributed by atoms with van der Waals surface area (Å²) in [4.78, 5) is 6.24. The molecule has 0 saturated heterocycles. The second-order valence-electron chi connectivity index (χ2n) is 6.05. The van der Waals surface area contributed by atoms with Gasteiger partial charge >= 0.3 is 0 Å². The summed E-state index contributed by atoms with van der Waals surface area (Å²) < 4.78 is 10.3. The van der Waals surface area contributed by atoms with E-state index in [-0.39, 0.29) is 0 Å². The number of nitrogens with zero attached hydrogens (tertiary/aromatic N) is 4. The summed E-state index contributed by atoms with van der Waals surface area (Å²) in [5, 5.41) is 10.4. The van der Waals surface area contributed by atoms with Gasteiger partial charge in [-0.2, -0.15) is 9.64 Å². The molecule has 0 atom stereocenters. The van der Waals surface area contributed by atoms with E-state index in [9.17, 15) is 5.26 Å². The lowest BCUT2D eigenvalue weighted by atomic mass is 10.1. The molecule has 0 saturated carbocycles. The van der Waals surface area contributed by atoms with Gasteiger partial charge < -0.3 is 9.64 Å². The third kappa shape index (κ3) is 4.27. The molecular formula is C20H17ClN4OS. The SMILES string of the molecule is Cc1cc(Oc2snc(-c3ccccc3)c2C#N)c(Cl)cc1/N=C\N(C)C. The van der Waals surface area contributed by atoms with Crippen molar-refractivity contribution in [3.05, 3.63) is 58.6 Å². The van der Waals surface area contributed by atoms with E-state index in [2.05, 4.69) is 15.4 Å². The van der Waals surface area contributed by atoms with Gasteiger partial charge in [0.15, 0.2) is 0 Å². The van der Waals surface area contributed by atoms with Crippen LogP contribution in [-0.2, 0) is 0 Å². The summed E-state index contributed by atoms with van der Waals surface area (Å²) >= 11 is 7.51. The molecule has 0 radical (unpaired) electrons. The van der Waals surface area contributed by atoms with Crippen molar-refractivity contribution in [1.82, 2.24) is 9.27 Å². The van der Waals surface area contributed by atoms with E-state index in [0.717, 1.165) is 28.3 Å². The van der Waals surface area contributed by atoms with Crippen LogP contribution in [0.5, 0.6) is 10.8 Å². The van der Waals surface area contributed by atoms with Crippen molar-refractivity contribution in [2.45, 2.75) is 6.92 Å². The van der Waals surface area contributed by atoms with Gasteiger partial charge in [-0.3, -0.25) is 0 Å². The molecule has 2 aromatic carbocycles. The summed E-state index contributed by atoms with van der Waals surface area (Å²) in [7, 11) is 3.80. The van der Waals surface area contributed by atoms with Crippen LogP contribution < -0.4 is 4.74 Å². The van der Waals surface area contributed by atoms with E-state index in [4.69, 9.17) is 16.3 Å². The predicted octanol–water partition coefficient (Wildman–Crippen LogP) is 5.66. The highest BCUT2D eigenvalue weighted by molar-refractivity contribution is 7.08. The number of rotatable bonds is 5. The number of aromatic nitrogens is 1. The van der Waals surface area contributed by atoms with Gasteiger partial charge in [0.1, 0.15) is 23.1 Å². The van der Waals surface area contributed by atoms with Gasteiger partial charge in [-0.15, -0.1) is 0 Å².